The van der Waals surface area contributed by atoms with Crippen LogP contribution in [0.15, 0.2) is 78.9 Å². The van der Waals surface area contributed by atoms with Gasteiger partial charge in [0.15, 0.2) is 6.61 Å². The first kappa shape index (κ1) is 21.0. The molecule has 0 spiro atoms. The molecule has 0 aliphatic carbocycles. The molecule has 1 N–H and O–H groups in total. The maximum Gasteiger partial charge on any atom is 0.262 e. The molecular weight excluding hydrogens is 408 g/mol. The zero-order valence-corrected chi connectivity index (χ0v) is 18.1. The Labute approximate surface area is 186 Å². The topological polar surface area (TPSA) is 58.6 Å². The lowest BCUT2D eigenvalue weighted by molar-refractivity contribution is -0.118. The van der Waals surface area contributed by atoms with Gasteiger partial charge in [0.1, 0.15) is 11.1 Å². The van der Waals surface area contributed by atoms with Gasteiger partial charge < -0.3 is 10.1 Å². The zero-order chi connectivity index (χ0) is 21.6. The van der Waals surface area contributed by atoms with Gasteiger partial charge >= 0.3 is 0 Å². The minimum absolute atomic E-state index is 0.0686. The number of nitrogens with zero attached hydrogens (tertiary/aromatic N) is 1. The van der Waals surface area contributed by atoms with Crippen molar-refractivity contribution in [1.29, 1.82) is 0 Å². The number of anilines is 2. The summed E-state index contributed by atoms with van der Waals surface area (Å²) < 4.78 is 5.51. The van der Waals surface area contributed by atoms with Crippen LogP contribution < -0.4 is 15.0 Å². The molecule has 0 unspecified atom stereocenters. The molecule has 1 fully saturated rings. The van der Waals surface area contributed by atoms with Crippen molar-refractivity contribution in [3.05, 3.63) is 90.0 Å². The number of aryl methyl sites for hydroxylation is 1. The highest BCUT2D eigenvalue weighted by molar-refractivity contribution is 8.00. The van der Waals surface area contributed by atoms with Crippen LogP contribution >= 0.6 is 11.8 Å². The van der Waals surface area contributed by atoms with Crippen molar-refractivity contribution in [2.24, 2.45) is 0 Å². The van der Waals surface area contributed by atoms with Gasteiger partial charge in [0, 0.05) is 11.4 Å². The first-order valence-corrected chi connectivity index (χ1v) is 11.3. The lowest BCUT2D eigenvalue weighted by atomic mass is 10.1. The molecule has 1 saturated heterocycles. The third kappa shape index (κ3) is 5.09. The maximum absolute atomic E-state index is 12.7. The Kier molecular flexibility index (Phi) is 6.57. The largest absolute Gasteiger partial charge is 0.484 e. The van der Waals surface area contributed by atoms with Crippen molar-refractivity contribution in [2.45, 2.75) is 18.7 Å². The first-order chi connectivity index (χ1) is 15.1. The lowest BCUT2D eigenvalue weighted by Crippen LogP contribution is -2.28. The van der Waals surface area contributed by atoms with Crippen LogP contribution in [0.1, 0.15) is 23.4 Å². The second-order valence-corrected chi connectivity index (χ2v) is 8.29. The Morgan fingerprint density at radius 1 is 1.06 bits per heavy atom. The number of carbonyl (C=O) groups is 2. The summed E-state index contributed by atoms with van der Waals surface area (Å²) in [6, 6.07) is 25.0. The summed E-state index contributed by atoms with van der Waals surface area (Å²) in [6.07, 6.45) is 0.917. The predicted molar refractivity (Wildman–Crippen MR) is 126 cm³/mol. The molecular formula is C25H24N2O3S. The Balaban J connectivity index is 1.47. The number of rotatable bonds is 7. The van der Waals surface area contributed by atoms with Crippen molar-refractivity contribution >= 4 is 35.0 Å². The standard InChI is InChI=1S/C25H24N2O3S/c1-2-18-8-6-11-21(14-18)27-24(29)17-31-25(27)19-9-7-10-20(15-19)26-23(28)16-30-22-12-4-3-5-13-22/h3-15,25H,2,16-17H2,1H3,(H,26,28)/t25-/m1/s1. The minimum Gasteiger partial charge on any atom is -0.484 e. The monoisotopic (exact) mass is 432 g/mol. The molecule has 1 atom stereocenters. The van der Waals surface area contributed by atoms with Gasteiger partial charge in [-0.15, -0.1) is 11.8 Å². The minimum atomic E-state index is -0.233. The van der Waals surface area contributed by atoms with Crippen LogP contribution in [-0.4, -0.2) is 24.2 Å². The second-order valence-electron chi connectivity index (χ2n) is 7.23. The molecule has 0 radical (unpaired) electrons. The molecule has 3 aromatic rings. The van der Waals surface area contributed by atoms with Gasteiger partial charge in [-0.25, -0.2) is 0 Å². The van der Waals surface area contributed by atoms with Crippen molar-refractivity contribution in [3.63, 3.8) is 0 Å². The smallest absolute Gasteiger partial charge is 0.262 e. The molecule has 31 heavy (non-hydrogen) atoms. The highest BCUT2D eigenvalue weighted by atomic mass is 32.2. The third-order valence-corrected chi connectivity index (χ3v) is 6.25. The Bertz CT molecular complexity index is 1070. The van der Waals surface area contributed by atoms with E-state index in [1.807, 2.05) is 71.6 Å². The third-order valence-electron chi connectivity index (χ3n) is 5.03. The fourth-order valence-electron chi connectivity index (χ4n) is 3.51. The second kappa shape index (κ2) is 9.71. The number of thioether (sulfide) groups is 1. The fraction of sp³-hybridized carbons (Fsp3) is 0.200. The molecule has 4 rings (SSSR count). The van der Waals surface area contributed by atoms with Crippen LogP contribution in [-0.2, 0) is 16.0 Å². The van der Waals surface area contributed by atoms with E-state index in [9.17, 15) is 9.59 Å². The van der Waals surface area contributed by atoms with E-state index < -0.39 is 0 Å². The lowest BCUT2D eigenvalue weighted by Gasteiger charge is -2.25. The normalized spacial score (nSPS) is 15.7. The van der Waals surface area contributed by atoms with Crippen LogP contribution in [0.4, 0.5) is 11.4 Å². The summed E-state index contributed by atoms with van der Waals surface area (Å²) in [6.45, 7) is 2.03. The Morgan fingerprint density at radius 2 is 1.87 bits per heavy atom. The Morgan fingerprint density at radius 3 is 2.68 bits per heavy atom. The SMILES string of the molecule is CCc1cccc(N2C(=O)CS[C@@H]2c2cccc(NC(=O)COc3ccccc3)c2)c1. The Hall–Kier alpha value is -3.25. The number of hydrogen-bond acceptors (Lipinski definition) is 4. The number of carbonyl (C=O) groups excluding carboxylic acids is 2. The number of hydrogen-bond donors (Lipinski definition) is 1. The molecule has 0 saturated carbocycles. The quantitative estimate of drug-likeness (QED) is 0.568. The van der Waals surface area contributed by atoms with Gasteiger partial charge in [0.25, 0.3) is 5.91 Å². The number of nitrogens with one attached hydrogen (secondary N) is 1. The van der Waals surface area contributed by atoms with Crippen molar-refractivity contribution in [3.8, 4) is 5.75 Å². The van der Waals surface area contributed by atoms with E-state index in [-0.39, 0.29) is 23.8 Å². The summed E-state index contributed by atoms with van der Waals surface area (Å²) in [5.41, 5.74) is 3.76. The van der Waals surface area contributed by atoms with Crippen molar-refractivity contribution in [2.75, 3.05) is 22.6 Å². The fourth-order valence-corrected chi connectivity index (χ4v) is 4.68. The van der Waals surface area contributed by atoms with E-state index >= 15 is 0 Å². The summed E-state index contributed by atoms with van der Waals surface area (Å²) in [5.74, 6) is 0.942. The summed E-state index contributed by atoms with van der Waals surface area (Å²) in [7, 11) is 0. The van der Waals surface area contributed by atoms with Crippen LogP contribution in [0.2, 0.25) is 0 Å². The average molecular weight is 433 g/mol. The molecule has 1 aliphatic rings. The molecule has 0 bridgehead atoms. The number of ether oxygens (including phenoxy) is 1. The van der Waals surface area contributed by atoms with E-state index in [2.05, 4.69) is 24.4 Å². The molecule has 3 aromatic carbocycles. The van der Waals surface area contributed by atoms with E-state index in [1.165, 1.54) is 5.56 Å². The van der Waals surface area contributed by atoms with Crippen LogP contribution in [0, 0.1) is 0 Å². The van der Waals surface area contributed by atoms with Crippen molar-refractivity contribution < 1.29 is 14.3 Å². The van der Waals surface area contributed by atoms with E-state index in [0.717, 1.165) is 17.7 Å². The van der Waals surface area contributed by atoms with Gasteiger partial charge in [-0.05, 0) is 53.9 Å². The zero-order valence-electron chi connectivity index (χ0n) is 17.3. The highest BCUT2D eigenvalue weighted by Crippen LogP contribution is 2.42. The van der Waals surface area contributed by atoms with E-state index in [0.29, 0.717) is 17.2 Å². The molecule has 2 amide bonds. The molecule has 5 nitrogen and oxygen atoms in total. The molecule has 1 aliphatic heterocycles. The average Bonchev–Trinajstić information content (AvgIpc) is 3.20. The van der Waals surface area contributed by atoms with Gasteiger partial charge in [0.05, 0.1) is 5.75 Å². The summed E-state index contributed by atoms with van der Waals surface area (Å²) >= 11 is 1.59. The van der Waals surface area contributed by atoms with Gasteiger partial charge in [-0.3, -0.25) is 14.5 Å². The molecule has 158 valence electrons. The molecule has 6 heteroatoms. The van der Waals surface area contributed by atoms with Gasteiger partial charge in [-0.2, -0.15) is 0 Å². The highest BCUT2D eigenvalue weighted by Gasteiger charge is 2.34. The number of benzene rings is 3. The summed E-state index contributed by atoms with van der Waals surface area (Å²) in [5, 5.41) is 2.76. The van der Waals surface area contributed by atoms with Crippen LogP contribution in [0.3, 0.4) is 0 Å². The predicted octanol–water partition coefficient (Wildman–Crippen LogP) is 5.05. The first-order valence-electron chi connectivity index (χ1n) is 10.2. The van der Waals surface area contributed by atoms with Crippen molar-refractivity contribution in [1.82, 2.24) is 0 Å². The number of amides is 2. The molecule has 1 heterocycles. The molecule has 0 aromatic heterocycles. The number of para-hydroxylation sites is 1. The van der Waals surface area contributed by atoms with E-state index in [4.69, 9.17) is 4.74 Å². The van der Waals surface area contributed by atoms with Crippen LogP contribution in [0.25, 0.3) is 0 Å². The maximum atomic E-state index is 12.7. The van der Waals surface area contributed by atoms with Gasteiger partial charge in [-0.1, -0.05) is 49.4 Å². The van der Waals surface area contributed by atoms with Crippen LogP contribution in [0.5, 0.6) is 5.75 Å². The van der Waals surface area contributed by atoms with Gasteiger partial charge in [0.2, 0.25) is 5.91 Å². The summed E-state index contributed by atoms with van der Waals surface area (Å²) in [4.78, 5) is 26.8. The van der Waals surface area contributed by atoms with E-state index in [1.54, 1.807) is 11.8 Å².